The third-order valence-electron chi connectivity index (χ3n) is 2.38. The molecule has 0 spiro atoms. The van der Waals surface area contributed by atoms with Gasteiger partial charge < -0.3 is 9.67 Å². The lowest BCUT2D eigenvalue weighted by atomic mass is 10.3. The molecule has 1 N–H and O–H groups in total. The topological polar surface area (TPSA) is 38.0 Å². The second-order valence-electron chi connectivity index (χ2n) is 3.78. The van der Waals surface area contributed by atoms with Crippen LogP contribution in [0, 0.1) is 0 Å². The maximum absolute atomic E-state index is 9.22. The number of nitrogens with zero attached hydrogens (tertiary/aromatic N) is 2. The van der Waals surface area contributed by atoms with Gasteiger partial charge in [-0.15, -0.1) is 0 Å². The molecule has 0 radical (unpaired) electrons. The Morgan fingerprint density at radius 3 is 2.80 bits per heavy atom. The first-order valence-electron chi connectivity index (χ1n) is 4.90. The van der Waals surface area contributed by atoms with Crippen molar-refractivity contribution < 1.29 is 5.11 Å². The van der Waals surface area contributed by atoms with Crippen LogP contribution in [-0.4, -0.2) is 14.7 Å². The van der Waals surface area contributed by atoms with Gasteiger partial charge in [0.05, 0.1) is 11.0 Å². The smallest absolute Gasteiger partial charge is 0.135 e. The van der Waals surface area contributed by atoms with Crippen LogP contribution in [0.4, 0.5) is 0 Å². The number of aliphatic hydroxyl groups is 1. The van der Waals surface area contributed by atoms with Gasteiger partial charge in [-0.25, -0.2) is 4.98 Å². The van der Waals surface area contributed by atoms with Gasteiger partial charge in [0.2, 0.25) is 0 Å². The van der Waals surface area contributed by atoms with Crippen LogP contribution in [0.25, 0.3) is 11.0 Å². The molecule has 80 valence electrons. The van der Waals surface area contributed by atoms with Crippen LogP contribution in [0.5, 0.6) is 0 Å². The highest BCUT2D eigenvalue weighted by Gasteiger charge is 2.12. The molecule has 1 aromatic heterocycles. The van der Waals surface area contributed by atoms with Crippen LogP contribution in [0.3, 0.4) is 0 Å². The molecule has 0 fully saturated rings. The number of imidazole rings is 1. The van der Waals surface area contributed by atoms with E-state index in [9.17, 15) is 5.11 Å². The first-order valence-corrected chi connectivity index (χ1v) is 5.28. The molecule has 1 heterocycles. The van der Waals surface area contributed by atoms with Crippen LogP contribution < -0.4 is 0 Å². The zero-order valence-electron chi connectivity index (χ0n) is 8.74. The van der Waals surface area contributed by atoms with Crippen molar-refractivity contribution in [2.24, 2.45) is 0 Å². The molecule has 0 saturated heterocycles. The molecule has 0 aliphatic heterocycles. The predicted octanol–water partition coefficient (Wildman–Crippen LogP) is 2.76. The summed E-state index contributed by atoms with van der Waals surface area (Å²) in [6, 6.07) is 5.82. The number of aliphatic hydroxyl groups excluding tert-OH is 1. The van der Waals surface area contributed by atoms with E-state index in [2.05, 4.69) is 18.8 Å². The van der Waals surface area contributed by atoms with Crippen LogP contribution in [-0.2, 0) is 6.61 Å². The summed E-state index contributed by atoms with van der Waals surface area (Å²) in [6.07, 6.45) is 0. The van der Waals surface area contributed by atoms with E-state index in [0.717, 1.165) is 11.0 Å². The Kier molecular flexibility index (Phi) is 2.67. The number of benzene rings is 1. The van der Waals surface area contributed by atoms with Gasteiger partial charge in [0, 0.05) is 11.1 Å². The lowest BCUT2D eigenvalue weighted by Crippen LogP contribution is -2.05. The summed E-state index contributed by atoms with van der Waals surface area (Å²) >= 11 is 5.94. The highest BCUT2D eigenvalue weighted by molar-refractivity contribution is 6.31. The van der Waals surface area contributed by atoms with E-state index in [4.69, 9.17) is 11.6 Å². The number of hydrogen-bond donors (Lipinski definition) is 1. The zero-order valence-corrected chi connectivity index (χ0v) is 9.49. The van der Waals surface area contributed by atoms with E-state index in [1.54, 1.807) is 0 Å². The summed E-state index contributed by atoms with van der Waals surface area (Å²) in [5, 5.41) is 9.91. The highest BCUT2D eigenvalue weighted by Crippen LogP contribution is 2.24. The summed E-state index contributed by atoms with van der Waals surface area (Å²) in [5.41, 5.74) is 1.85. The minimum absolute atomic E-state index is 0.0511. The van der Waals surface area contributed by atoms with Crippen molar-refractivity contribution in [3.63, 3.8) is 0 Å². The Morgan fingerprint density at radius 1 is 1.47 bits per heavy atom. The van der Waals surface area contributed by atoms with Crippen molar-refractivity contribution in [2.45, 2.75) is 26.5 Å². The van der Waals surface area contributed by atoms with E-state index in [1.807, 2.05) is 22.8 Å². The predicted molar refractivity (Wildman–Crippen MR) is 61.1 cm³/mol. The molecular weight excluding hydrogens is 212 g/mol. The van der Waals surface area contributed by atoms with Gasteiger partial charge in [0.15, 0.2) is 0 Å². The van der Waals surface area contributed by atoms with Gasteiger partial charge in [-0.3, -0.25) is 0 Å². The van der Waals surface area contributed by atoms with Crippen molar-refractivity contribution in [1.82, 2.24) is 9.55 Å². The fraction of sp³-hybridized carbons (Fsp3) is 0.364. The van der Waals surface area contributed by atoms with E-state index < -0.39 is 0 Å². The summed E-state index contributed by atoms with van der Waals surface area (Å²) in [7, 11) is 0. The third-order valence-corrected chi connectivity index (χ3v) is 2.62. The normalized spacial score (nSPS) is 11.5. The molecule has 0 unspecified atom stereocenters. The minimum atomic E-state index is -0.0511. The van der Waals surface area contributed by atoms with Crippen molar-refractivity contribution in [1.29, 1.82) is 0 Å². The second-order valence-corrected chi connectivity index (χ2v) is 4.22. The average molecular weight is 225 g/mol. The molecule has 0 aliphatic rings. The first kappa shape index (κ1) is 10.5. The monoisotopic (exact) mass is 224 g/mol. The lowest BCUT2D eigenvalue weighted by Gasteiger charge is -2.11. The fourth-order valence-electron chi connectivity index (χ4n) is 1.80. The molecule has 0 bridgehead atoms. The first-order chi connectivity index (χ1) is 7.13. The van der Waals surface area contributed by atoms with Gasteiger partial charge in [-0.2, -0.15) is 0 Å². The highest BCUT2D eigenvalue weighted by atomic mass is 35.5. The van der Waals surface area contributed by atoms with Gasteiger partial charge >= 0.3 is 0 Å². The zero-order chi connectivity index (χ0) is 11.0. The van der Waals surface area contributed by atoms with Gasteiger partial charge in [0.25, 0.3) is 0 Å². The van der Waals surface area contributed by atoms with Crippen molar-refractivity contribution >= 4 is 22.6 Å². The number of halogens is 1. The Bertz CT molecular complexity index is 491. The molecule has 2 aromatic rings. The van der Waals surface area contributed by atoms with Crippen LogP contribution >= 0.6 is 11.6 Å². The standard InChI is InChI=1S/C11H13ClN2O/c1-7(2)14-10-5-8(12)3-4-9(10)13-11(14)6-15/h3-5,7,15H,6H2,1-2H3. The van der Waals surface area contributed by atoms with Crippen LogP contribution in [0.2, 0.25) is 5.02 Å². The molecule has 0 amide bonds. The Hall–Kier alpha value is -1.06. The minimum Gasteiger partial charge on any atom is -0.388 e. The Balaban J connectivity index is 2.76. The second kappa shape index (κ2) is 3.83. The van der Waals surface area contributed by atoms with Crippen LogP contribution in [0.1, 0.15) is 25.7 Å². The number of hydrogen-bond acceptors (Lipinski definition) is 2. The van der Waals surface area contributed by atoms with Crippen LogP contribution in [0.15, 0.2) is 18.2 Å². The van der Waals surface area contributed by atoms with E-state index in [-0.39, 0.29) is 12.6 Å². The Labute approximate surface area is 93.3 Å². The average Bonchev–Trinajstić information content (AvgIpc) is 2.55. The molecule has 2 rings (SSSR count). The van der Waals surface area contributed by atoms with Gasteiger partial charge in [0.1, 0.15) is 12.4 Å². The molecule has 4 heteroatoms. The lowest BCUT2D eigenvalue weighted by molar-refractivity contribution is 0.263. The van der Waals surface area contributed by atoms with E-state index >= 15 is 0 Å². The quantitative estimate of drug-likeness (QED) is 0.852. The maximum Gasteiger partial charge on any atom is 0.135 e. The van der Waals surface area contributed by atoms with E-state index in [1.165, 1.54) is 0 Å². The maximum atomic E-state index is 9.22. The summed E-state index contributed by atoms with van der Waals surface area (Å²) < 4.78 is 2.00. The molecule has 3 nitrogen and oxygen atoms in total. The summed E-state index contributed by atoms with van der Waals surface area (Å²) in [5.74, 6) is 0.683. The molecule has 0 aliphatic carbocycles. The van der Waals surface area contributed by atoms with Crippen molar-refractivity contribution in [2.75, 3.05) is 0 Å². The number of rotatable bonds is 2. The molecule has 0 saturated carbocycles. The number of aromatic nitrogens is 2. The molecule has 0 atom stereocenters. The van der Waals surface area contributed by atoms with Crippen molar-refractivity contribution in [3.05, 3.63) is 29.0 Å². The van der Waals surface area contributed by atoms with Gasteiger partial charge in [-0.05, 0) is 32.0 Å². The largest absolute Gasteiger partial charge is 0.388 e. The fourth-order valence-corrected chi connectivity index (χ4v) is 1.97. The molecular formula is C11H13ClN2O. The SMILES string of the molecule is CC(C)n1c(CO)nc2ccc(Cl)cc21. The summed E-state index contributed by atoms with van der Waals surface area (Å²) in [4.78, 5) is 4.35. The summed E-state index contributed by atoms with van der Waals surface area (Å²) in [6.45, 7) is 4.06. The number of fused-ring (bicyclic) bond motifs is 1. The third kappa shape index (κ3) is 1.73. The van der Waals surface area contributed by atoms with E-state index in [0.29, 0.717) is 10.8 Å². The molecule has 15 heavy (non-hydrogen) atoms. The Morgan fingerprint density at radius 2 is 2.20 bits per heavy atom. The van der Waals surface area contributed by atoms with Gasteiger partial charge in [-0.1, -0.05) is 11.6 Å². The molecule has 1 aromatic carbocycles. The van der Waals surface area contributed by atoms with Crippen molar-refractivity contribution in [3.8, 4) is 0 Å².